The number of aryl methyl sites for hydroxylation is 1. The van der Waals surface area contributed by atoms with Crippen molar-refractivity contribution in [3.05, 3.63) is 51.6 Å². The van der Waals surface area contributed by atoms with Gasteiger partial charge in [0.25, 0.3) is 11.1 Å². The van der Waals surface area contributed by atoms with Crippen molar-refractivity contribution in [3.8, 4) is 11.3 Å². The average molecular weight is 420 g/mol. The summed E-state index contributed by atoms with van der Waals surface area (Å²) in [6.07, 6.45) is 1.49. The van der Waals surface area contributed by atoms with E-state index in [9.17, 15) is 14.4 Å². The molecular weight excluding hydrogens is 402 g/mol. The molecule has 1 saturated heterocycles. The Morgan fingerprint density at radius 3 is 2.79 bits per heavy atom. The van der Waals surface area contributed by atoms with Gasteiger partial charge in [-0.1, -0.05) is 17.7 Å². The monoisotopic (exact) mass is 419 g/mol. The fourth-order valence-electron chi connectivity index (χ4n) is 2.75. The van der Waals surface area contributed by atoms with E-state index in [4.69, 9.17) is 20.8 Å². The van der Waals surface area contributed by atoms with Crippen molar-refractivity contribution in [2.24, 2.45) is 0 Å². The third kappa shape index (κ3) is 4.00. The molecule has 0 unspecified atom stereocenters. The number of carbonyl (C=O) groups excluding carboxylic acids is 3. The summed E-state index contributed by atoms with van der Waals surface area (Å²) in [5.74, 6) is -0.149. The van der Waals surface area contributed by atoms with E-state index in [1.165, 1.54) is 13.0 Å². The zero-order chi connectivity index (χ0) is 20.4. The van der Waals surface area contributed by atoms with Gasteiger partial charge in [-0.3, -0.25) is 14.5 Å². The largest absolute Gasteiger partial charge is 0.464 e. The maximum absolute atomic E-state index is 12.6. The molecule has 0 spiro atoms. The van der Waals surface area contributed by atoms with Gasteiger partial charge in [-0.2, -0.15) is 0 Å². The van der Waals surface area contributed by atoms with Crippen molar-refractivity contribution in [2.45, 2.75) is 26.8 Å². The Balaban J connectivity index is 1.84. The van der Waals surface area contributed by atoms with Crippen LogP contribution in [0.5, 0.6) is 0 Å². The molecule has 6 nitrogen and oxygen atoms in total. The lowest BCUT2D eigenvalue weighted by Crippen LogP contribution is -2.42. The van der Waals surface area contributed by atoms with E-state index in [0.29, 0.717) is 16.5 Å². The minimum atomic E-state index is -0.986. The fraction of sp³-hybridized carbons (Fsp3) is 0.250. The van der Waals surface area contributed by atoms with Crippen LogP contribution < -0.4 is 0 Å². The number of thioether (sulfide) groups is 1. The number of benzene rings is 1. The van der Waals surface area contributed by atoms with Gasteiger partial charge in [0.2, 0.25) is 0 Å². The number of carbonyl (C=O) groups is 3. The van der Waals surface area contributed by atoms with Gasteiger partial charge < -0.3 is 9.15 Å². The van der Waals surface area contributed by atoms with Crippen molar-refractivity contribution in [1.29, 1.82) is 0 Å². The number of halogens is 1. The summed E-state index contributed by atoms with van der Waals surface area (Å²) in [5, 5.41) is 0.0712. The highest BCUT2D eigenvalue weighted by Gasteiger charge is 2.41. The standard InChI is InChI=1S/C20H18ClNO5S/c1-4-26-19(24)12(3)22-18(23)17(28-20(22)25)10-14-7-8-16(27-14)15-9-13(21)6-5-11(15)2/h5-10,12H,4H2,1-3H3/b17-10+/t12-/m0/s1. The van der Waals surface area contributed by atoms with Crippen LogP contribution in [0.4, 0.5) is 4.79 Å². The van der Waals surface area contributed by atoms with Crippen LogP contribution in [0.15, 0.2) is 39.7 Å². The Morgan fingerprint density at radius 2 is 2.07 bits per heavy atom. The molecule has 1 aromatic heterocycles. The molecule has 3 rings (SSSR count). The second-order valence-electron chi connectivity index (χ2n) is 6.14. The highest BCUT2D eigenvalue weighted by Crippen LogP contribution is 2.35. The van der Waals surface area contributed by atoms with Crippen molar-refractivity contribution >= 4 is 46.6 Å². The number of hydrogen-bond acceptors (Lipinski definition) is 6. The average Bonchev–Trinajstić information content (AvgIpc) is 3.21. The number of ether oxygens (including phenoxy) is 1. The molecule has 2 aromatic rings. The predicted octanol–water partition coefficient (Wildman–Crippen LogP) is 4.90. The van der Waals surface area contributed by atoms with E-state index in [0.717, 1.165) is 27.8 Å². The van der Waals surface area contributed by atoms with Crippen molar-refractivity contribution in [1.82, 2.24) is 4.90 Å². The molecule has 2 amide bonds. The van der Waals surface area contributed by atoms with Crippen molar-refractivity contribution < 1.29 is 23.5 Å². The Hall–Kier alpha value is -2.51. The Bertz CT molecular complexity index is 981. The topological polar surface area (TPSA) is 76.8 Å². The number of esters is 1. The lowest BCUT2D eigenvalue weighted by atomic mass is 10.1. The summed E-state index contributed by atoms with van der Waals surface area (Å²) in [7, 11) is 0. The Kier molecular flexibility index (Phi) is 5.96. The van der Waals surface area contributed by atoms with E-state index in [2.05, 4.69) is 0 Å². The van der Waals surface area contributed by atoms with Crippen LogP contribution in [-0.4, -0.2) is 34.7 Å². The van der Waals surface area contributed by atoms with Crippen molar-refractivity contribution in [3.63, 3.8) is 0 Å². The molecule has 1 atom stereocenters. The number of furan rings is 1. The zero-order valence-electron chi connectivity index (χ0n) is 15.5. The molecule has 1 aromatic carbocycles. The van der Waals surface area contributed by atoms with Gasteiger partial charge in [-0.15, -0.1) is 0 Å². The predicted molar refractivity (Wildman–Crippen MR) is 108 cm³/mol. The van der Waals surface area contributed by atoms with Crippen LogP contribution in [0.3, 0.4) is 0 Å². The first-order valence-electron chi connectivity index (χ1n) is 8.62. The highest BCUT2D eigenvalue weighted by molar-refractivity contribution is 8.18. The summed E-state index contributed by atoms with van der Waals surface area (Å²) >= 11 is 6.82. The second-order valence-corrected chi connectivity index (χ2v) is 7.57. The van der Waals surface area contributed by atoms with Gasteiger partial charge >= 0.3 is 5.97 Å². The maximum atomic E-state index is 12.6. The molecule has 28 heavy (non-hydrogen) atoms. The first kappa shape index (κ1) is 20.2. The summed E-state index contributed by atoms with van der Waals surface area (Å²) in [6, 6.07) is 7.98. The molecular formula is C20H18ClNO5S. The summed E-state index contributed by atoms with van der Waals surface area (Å²) in [6.45, 7) is 5.24. The summed E-state index contributed by atoms with van der Waals surface area (Å²) < 4.78 is 10.7. The molecule has 146 valence electrons. The molecule has 1 fully saturated rings. The van der Waals surface area contributed by atoms with E-state index in [1.807, 2.05) is 13.0 Å². The van der Waals surface area contributed by atoms with Gasteiger partial charge in [0.15, 0.2) is 0 Å². The molecule has 8 heteroatoms. The Morgan fingerprint density at radius 1 is 1.32 bits per heavy atom. The van der Waals surface area contributed by atoms with Crippen LogP contribution in [0, 0.1) is 6.92 Å². The number of hydrogen-bond donors (Lipinski definition) is 0. The quantitative estimate of drug-likeness (QED) is 0.507. The van der Waals surface area contributed by atoms with Crippen LogP contribution in [0.25, 0.3) is 17.4 Å². The first-order chi connectivity index (χ1) is 13.3. The van der Waals surface area contributed by atoms with E-state index < -0.39 is 23.2 Å². The van der Waals surface area contributed by atoms with E-state index in [1.54, 1.807) is 31.2 Å². The molecule has 0 bridgehead atoms. The van der Waals surface area contributed by atoms with Gasteiger partial charge in [-0.25, -0.2) is 4.79 Å². The number of nitrogens with zero attached hydrogens (tertiary/aromatic N) is 1. The third-order valence-corrected chi connectivity index (χ3v) is 5.32. The molecule has 0 N–H and O–H groups in total. The molecule has 0 aliphatic carbocycles. The van der Waals surface area contributed by atoms with E-state index in [-0.39, 0.29) is 11.5 Å². The van der Waals surface area contributed by atoms with Gasteiger partial charge in [-0.05, 0) is 62.4 Å². The van der Waals surface area contributed by atoms with Crippen LogP contribution in [0.2, 0.25) is 5.02 Å². The molecule has 0 radical (unpaired) electrons. The normalized spacial score (nSPS) is 16.7. The third-order valence-electron chi connectivity index (χ3n) is 4.20. The Labute approximate surface area is 171 Å². The lowest BCUT2D eigenvalue weighted by Gasteiger charge is -2.19. The number of amides is 2. The molecule has 1 aliphatic heterocycles. The zero-order valence-corrected chi connectivity index (χ0v) is 17.1. The maximum Gasteiger partial charge on any atom is 0.329 e. The highest BCUT2D eigenvalue weighted by atomic mass is 35.5. The van der Waals surface area contributed by atoms with Gasteiger partial charge in [0.1, 0.15) is 17.6 Å². The van der Waals surface area contributed by atoms with Crippen LogP contribution in [0.1, 0.15) is 25.2 Å². The summed E-state index contributed by atoms with van der Waals surface area (Å²) in [5.41, 5.74) is 1.84. The lowest BCUT2D eigenvalue weighted by molar-refractivity contribution is -0.150. The minimum Gasteiger partial charge on any atom is -0.464 e. The second kappa shape index (κ2) is 8.24. The number of imide groups is 1. The van der Waals surface area contributed by atoms with Crippen LogP contribution in [-0.2, 0) is 14.3 Å². The minimum absolute atomic E-state index is 0.174. The molecule has 0 saturated carbocycles. The van der Waals surface area contributed by atoms with Gasteiger partial charge in [0.05, 0.1) is 11.5 Å². The first-order valence-corrected chi connectivity index (χ1v) is 9.81. The van der Waals surface area contributed by atoms with Crippen LogP contribution >= 0.6 is 23.4 Å². The summed E-state index contributed by atoms with van der Waals surface area (Å²) in [4.78, 5) is 37.8. The smallest absolute Gasteiger partial charge is 0.329 e. The fourth-order valence-corrected chi connectivity index (χ4v) is 3.81. The number of rotatable bonds is 5. The molecule has 1 aliphatic rings. The van der Waals surface area contributed by atoms with E-state index >= 15 is 0 Å². The van der Waals surface area contributed by atoms with Gasteiger partial charge in [0, 0.05) is 16.7 Å². The van der Waals surface area contributed by atoms with Crippen molar-refractivity contribution in [2.75, 3.05) is 6.61 Å². The molecule has 2 heterocycles. The SMILES string of the molecule is CCOC(=O)[C@H](C)N1C(=O)S/C(=C/c2ccc(-c3cc(Cl)ccc3C)o2)C1=O.